The number of rotatable bonds is 2. The van der Waals surface area contributed by atoms with Gasteiger partial charge < -0.3 is 10.6 Å². The van der Waals surface area contributed by atoms with Crippen molar-refractivity contribution in [1.82, 2.24) is 15.5 Å². The molecule has 2 aliphatic rings. The van der Waals surface area contributed by atoms with E-state index in [1.165, 1.54) is 16.2 Å². The molecule has 0 saturated carbocycles. The first-order valence-electron chi connectivity index (χ1n) is 6.20. The lowest BCUT2D eigenvalue weighted by Crippen LogP contribution is -2.53. The van der Waals surface area contributed by atoms with Crippen molar-refractivity contribution < 1.29 is 9.59 Å². The van der Waals surface area contributed by atoms with Gasteiger partial charge in [-0.3, -0.25) is 9.69 Å². The second kappa shape index (κ2) is 4.77. The van der Waals surface area contributed by atoms with E-state index < -0.39 is 5.54 Å². The van der Waals surface area contributed by atoms with E-state index in [1.807, 2.05) is 6.07 Å². The van der Waals surface area contributed by atoms with Gasteiger partial charge in [-0.2, -0.15) is 0 Å². The monoisotopic (exact) mass is 299 g/mol. The third-order valence-corrected chi connectivity index (χ3v) is 4.86. The second-order valence-electron chi connectivity index (χ2n) is 4.86. The van der Waals surface area contributed by atoms with Gasteiger partial charge in [-0.05, 0) is 38.1 Å². The molecule has 0 bridgehead atoms. The standard InChI is InChI=1S/C12H14ClN3O2S/c13-9-2-1-8(19-9)7-16-10(17)12(15-11(16)18)3-5-14-6-4-12/h1-2,14H,3-7H2,(H,15,18). The number of amides is 3. The minimum atomic E-state index is -0.691. The number of nitrogens with one attached hydrogen (secondary N) is 2. The molecule has 7 heteroatoms. The molecule has 102 valence electrons. The van der Waals surface area contributed by atoms with Crippen LogP contribution in [0.3, 0.4) is 0 Å². The number of carbonyl (C=O) groups excluding carboxylic acids is 2. The van der Waals surface area contributed by atoms with Crippen molar-refractivity contribution in [3.8, 4) is 0 Å². The van der Waals surface area contributed by atoms with E-state index in [-0.39, 0.29) is 11.9 Å². The minimum Gasteiger partial charge on any atom is -0.323 e. The smallest absolute Gasteiger partial charge is 0.323 e. The van der Waals surface area contributed by atoms with Crippen LogP contribution in [0.15, 0.2) is 12.1 Å². The Labute approximate surface area is 119 Å². The Bertz CT molecular complexity index is 525. The van der Waals surface area contributed by atoms with Gasteiger partial charge in [-0.1, -0.05) is 11.6 Å². The molecule has 0 radical (unpaired) electrons. The van der Waals surface area contributed by atoms with E-state index in [1.54, 1.807) is 6.07 Å². The molecule has 0 atom stereocenters. The van der Waals surface area contributed by atoms with E-state index in [2.05, 4.69) is 10.6 Å². The van der Waals surface area contributed by atoms with Crippen molar-refractivity contribution in [2.45, 2.75) is 24.9 Å². The number of hydrogen-bond acceptors (Lipinski definition) is 4. The molecule has 0 unspecified atom stereocenters. The number of piperidine rings is 1. The third kappa shape index (κ3) is 2.24. The average Bonchev–Trinajstić information content (AvgIpc) is 2.89. The number of carbonyl (C=O) groups is 2. The number of hydrogen-bond donors (Lipinski definition) is 2. The summed E-state index contributed by atoms with van der Waals surface area (Å²) in [5.74, 6) is -0.108. The predicted molar refractivity (Wildman–Crippen MR) is 73.2 cm³/mol. The Hall–Kier alpha value is -1.11. The van der Waals surface area contributed by atoms with Crippen LogP contribution < -0.4 is 10.6 Å². The Kier molecular flexibility index (Phi) is 3.24. The molecule has 3 amide bonds. The first kappa shape index (κ1) is 12.9. The van der Waals surface area contributed by atoms with Crippen molar-refractivity contribution in [1.29, 1.82) is 0 Å². The van der Waals surface area contributed by atoms with Crippen molar-refractivity contribution >= 4 is 34.9 Å². The van der Waals surface area contributed by atoms with Crippen LogP contribution in [0.4, 0.5) is 4.79 Å². The molecule has 1 aromatic rings. The number of urea groups is 1. The zero-order chi connectivity index (χ0) is 13.5. The van der Waals surface area contributed by atoms with Crippen LogP contribution in [0.25, 0.3) is 0 Å². The minimum absolute atomic E-state index is 0.108. The number of halogens is 1. The van der Waals surface area contributed by atoms with Gasteiger partial charge in [-0.25, -0.2) is 4.79 Å². The molecule has 0 aromatic carbocycles. The van der Waals surface area contributed by atoms with E-state index in [0.29, 0.717) is 23.7 Å². The molecular weight excluding hydrogens is 286 g/mol. The molecule has 2 N–H and O–H groups in total. The summed E-state index contributed by atoms with van der Waals surface area (Å²) in [4.78, 5) is 26.7. The van der Waals surface area contributed by atoms with Gasteiger partial charge >= 0.3 is 6.03 Å². The highest BCUT2D eigenvalue weighted by molar-refractivity contribution is 7.16. The van der Waals surface area contributed by atoms with Gasteiger partial charge in [0.15, 0.2) is 0 Å². The van der Waals surface area contributed by atoms with Gasteiger partial charge in [0.1, 0.15) is 5.54 Å². The summed E-state index contributed by atoms with van der Waals surface area (Å²) < 4.78 is 0.665. The highest BCUT2D eigenvalue weighted by Gasteiger charge is 2.51. The molecule has 0 aliphatic carbocycles. The van der Waals surface area contributed by atoms with Crippen LogP contribution in [0, 0.1) is 0 Å². The van der Waals surface area contributed by atoms with Gasteiger partial charge in [0.25, 0.3) is 5.91 Å². The normalized spacial score (nSPS) is 22.1. The van der Waals surface area contributed by atoms with Crippen molar-refractivity contribution in [2.24, 2.45) is 0 Å². The molecule has 2 fully saturated rings. The summed E-state index contributed by atoms with van der Waals surface area (Å²) >= 11 is 7.26. The first-order chi connectivity index (χ1) is 9.11. The molecule has 5 nitrogen and oxygen atoms in total. The Morgan fingerprint density at radius 2 is 2.05 bits per heavy atom. The molecule has 2 saturated heterocycles. The lowest BCUT2D eigenvalue weighted by atomic mass is 9.88. The maximum absolute atomic E-state index is 12.5. The van der Waals surface area contributed by atoms with Crippen molar-refractivity contribution in [2.75, 3.05) is 13.1 Å². The first-order valence-corrected chi connectivity index (χ1v) is 7.39. The summed E-state index contributed by atoms with van der Waals surface area (Å²) in [6.07, 6.45) is 1.30. The number of imide groups is 1. The average molecular weight is 300 g/mol. The summed E-state index contributed by atoms with van der Waals surface area (Å²) in [6.45, 7) is 1.81. The molecular formula is C12H14ClN3O2S. The van der Waals surface area contributed by atoms with E-state index in [9.17, 15) is 9.59 Å². The van der Waals surface area contributed by atoms with Crippen molar-refractivity contribution in [3.05, 3.63) is 21.3 Å². The quantitative estimate of drug-likeness (QED) is 0.815. The zero-order valence-electron chi connectivity index (χ0n) is 10.2. The summed E-state index contributed by atoms with van der Waals surface area (Å²) in [7, 11) is 0. The molecule has 1 aromatic heterocycles. The lowest BCUT2D eigenvalue weighted by molar-refractivity contribution is -0.132. The van der Waals surface area contributed by atoms with E-state index >= 15 is 0 Å². The summed E-state index contributed by atoms with van der Waals surface area (Å²) in [5.41, 5.74) is -0.691. The van der Waals surface area contributed by atoms with Gasteiger partial charge in [0, 0.05) is 4.88 Å². The molecule has 2 aliphatic heterocycles. The largest absolute Gasteiger partial charge is 0.325 e. The fourth-order valence-electron chi connectivity index (χ4n) is 2.60. The summed E-state index contributed by atoms with van der Waals surface area (Å²) in [5, 5.41) is 6.07. The molecule has 19 heavy (non-hydrogen) atoms. The Balaban J connectivity index is 1.79. The van der Waals surface area contributed by atoms with Gasteiger partial charge in [0.2, 0.25) is 0 Å². The van der Waals surface area contributed by atoms with E-state index in [4.69, 9.17) is 11.6 Å². The van der Waals surface area contributed by atoms with Crippen LogP contribution in [0.1, 0.15) is 17.7 Å². The van der Waals surface area contributed by atoms with Crippen LogP contribution in [-0.2, 0) is 11.3 Å². The van der Waals surface area contributed by atoms with Crippen LogP contribution in [0.5, 0.6) is 0 Å². The zero-order valence-corrected chi connectivity index (χ0v) is 11.8. The third-order valence-electron chi connectivity index (χ3n) is 3.65. The topological polar surface area (TPSA) is 61.4 Å². The SMILES string of the molecule is O=C1NC2(CCNCC2)C(=O)N1Cc1ccc(Cl)s1. The number of nitrogens with zero attached hydrogens (tertiary/aromatic N) is 1. The van der Waals surface area contributed by atoms with Crippen LogP contribution >= 0.6 is 22.9 Å². The highest BCUT2D eigenvalue weighted by Crippen LogP contribution is 2.30. The molecule has 3 heterocycles. The van der Waals surface area contributed by atoms with Crippen molar-refractivity contribution in [3.63, 3.8) is 0 Å². The highest BCUT2D eigenvalue weighted by atomic mass is 35.5. The van der Waals surface area contributed by atoms with Gasteiger partial charge in [0.05, 0.1) is 10.9 Å². The predicted octanol–water partition coefficient (Wildman–Crippen LogP) is 1.58. The van der Waals surface area contributed by atoms with E-state index in [0.717, 1.165) is 18.0 Å². The Morgan fingerprint density at radius 3 is 2.68 bits per heavy atom. The maximum atomic E-state index is 12.5. The fourth-order valence-corrected chi connectivity index (χ4v) is 3.68. The summed E-state index contributed by atoms with van der Waals surface area (Å²) in [6, 6.07) is 3.33. The fraction of sp³-hybridized carbons (Fsp3) is 0.500. The van der Waals surface area contributed by atoms with Gasteiger partial charge in [-0.15, -0.1) is 11.3 Å². The second-order valence-corrected chi connectivity index (χ2v) is 6.66. The number of thiophene rings is 1. The van der Waals surface area contributed by atoms with Crippen LogP contribution in [0.2, 0.25) is 4.34 Å². The molecule has 3 rings (SSSR count). The molecule has 1 spiro atoms. The maximum Gasteiger partial charge on any atom is 0.325 e. The Morgan fingerprint density at radius 1 is 1.32 bits per heavy atom. The van der Waals surface area contributed by atoms with Crippen LogP contribution in [-0.4, -0.2) is 35.5 Å². The lowest BCUT2D eigenvalue weighted by Gasteiger charge is -2.31.